The minimum absolute atomic E-state index is 0.0315. The molecule has 2 aromatic rings. The summed E-state index contributed by atoms with van der Waals surface area (Å²) in [5.41, 5.74) is 4.04. The molecule has 2 aliphatic heterocycles. The van der Waals surface area contributed by atoms with Gasteiger partial charge in [-0.2, -0.15) is 0 Å². The molecule has 14 nitrogen and oxygen atoms in total. The average Bonchev–Trinajstić information content (AvgIpc) is 3.28. The Morgan fingerprint density at radius 1 is 0.732 bits per heavy atom. The van der Waals surface area contributed by atoms with Crippen molar-refractivity contribution in [3.63, 3.8) is 0 Å². The van der Waals surface area contributed by atoms with Crippen LogP contribution in [0, 0.1) is 0 Å². The van der Waals surface area contributed by atoms with E-state index in [1.807, 2.05) is 48.5 Å². The van der Waals surface area contributed by atoms with Crippen LogP contribution in [0.3, 0.4) is 0 Å². The van der Waals surface area contributed by atoms with E-state index in [0.717, 1.165) is 22.3 Å². The topological polar surface area (TPSA) is 225 Å². The number of carbonyl (C=O) groups is 2. The molecule has 2 saturated heterocycles. The third kappa shape index (κ3) is 5.66. The van der Waals surface area contributed by atoms with Gasteiger partial charge in [0, 0.05) is 5.92 Å². The number of hydrogen-bond acceptors (Lipinski definition) is 12. The van der Waals surface area contributed by atoms with Crippen molar-refractivity contribution in [3.8, 4) is 11.1 Å². The quantitative estimate of drug-likeness (QED) is 0.183. The first-order chi connectivity index (χ1) is 19.6. The summed E-state index contributed by atoms with van der Waals surface area (Å²) < 4.78 is 21.3. The van der Waals surface area contributed by atoms with Crippen molar-refractivity contribution in [2.45, 2.75) is 67.3 Å². The summed E-state index contributed by atoms with van der Waals surface area (Å²) in [5, 5.41) is 72.5. The zero-order valence-corrected chi connectivity index (χ0v) is 21.5. The summed E-state index contributed by atoms with van der Waals surface area (Å²) in [7, 11) is 0. The molecule has 2 heterocycles. The van der Waals surface area contributed by atoms with E-state index in [4.69, 9.17) is 18.9 Å². The molecule has 1 amide bonds. The van der Waals surface area contributed by atoms with Gasteiger partial charge in [-0.1, -0.05) is 48.5 Å². The molecule has 3 aliphatic rings. The average molecular weight is 578 g/mol. The lowest BCUT2D eigenvalue weighted by Gasteiger charge is -2.42. The van der Waals surface area contributed by atoms with Crippen LogP contribution in [0.15, 0.2) is 48.5 Å². The van der Waals surface area contributed by atoms with E-state index in [-0.39, 0.29) is 12.5 Å². The van der Waals surface area contributed by atoms with Crippen LogP contribution in [0.25, 0.3) is 11.1 Å². The monoisotopic (exact) mass is 577 g/mol. The smallest absolute Gasteiger partial charge is 0.409 e. The number of amides is 1. The molecule has 10 atom stereocenters. The molecule has 8 N–H and O–H groups in total. The number of hydrogen-bond donors (Lipinski definition) is 8. The number of aliphatic hydroxyl groups is 6. The summed E-state index contributed by atoms with van der Waals surface area (Å²) in [6.07, 6.45) is -18.6. The van der Waals surface area contributed by atoms with Crippen molar-refractivity contribution in [3.05, 3.63) is 59.7 Å². The Balaban J connectivity index is 1.20. The van der Waals surface area contributed by atoms with E-state index in [9.17, 15) is 45.3 Å². The predicted molar refractivity (Wildman–Crippen MR) is 135 cm³/mol. The van der Waals surface area contributed by atoms with E-state index < -0.39 is 80.0 Å². The van der Waals surface area contributed by atoms with Crippen molar-refractivity contribution < 1.29 is 64.3 Å². The Morgan fingerprint density at radius 2 is 1.32 bits per heavy atom. The maximum atomic E-state index is 12.7. The second kappa shape index (κ2) is 12.0. The fraction of sp³-hybridized carbons (Fsp3) is 0.481. The summed E-state index contributed by atoms with van der Waals surface area (Å²) >= 11 is 0. The lowest BCUT2D eigenvalue weighted by atomic mass is 9.97. The zero-order valence-electron chi connectivity index (χ0n) is 21.5. The molecule has 5 rings (SSSR count). The van der Waals surface area contributed by atoms with Gasteiger partial charge in [0.1, 0.15) is 49.3 Å². The minimum atomic E-state index is -1.93. The third-order valence-corrected chi connectivity index (χ3v) is 7.55. The van der Waals surface area contributed by atoms with Gasteiger partial charge >= 0.3 is 12.1 Å². The van der Waals surface area contributed by atoms with E-state index in [0.29, 0.717) is 0 Å². The van der Waals surface area contributed by atoms with Crippen LogP contribution >= 0.6 is 0 Å². The van der Waals surface area contributed by atoms with Crippen molar-refractivity contribution in [1.29, 1.82) is 0 Å². The summed E-state index contributed by atoms with van der Waals surface area (Å²) in [6.45, 7) is -0.666. The Labute approximate surface area is 233 Å². The van der Waals surface area contributed by atoms with Crippen molar-refractivity contribution >= 4 is 12.1 Å². The number of alkyl carbamates (subject to hydrolysis) is 1. The minimum Gasteiger partial charge on any atom is -0.479 e. The van der Waals surface area contributed by atoms with Crippen LogP contribution < -0.4 is 5.32 Å². The second-order valence-electron chi connectivity index (χ2n) is 10.1. The number of carbonyl (C=O) groups excluding carboxylic acids is 1. The number of aliphatic carboxylic acids is 1. The SMILES string of the molecule is O=C(N[C@@H]1O[C@H](CO[C@H]2O[C@H](C(=O)O)[C@H](O)[C@H](O)[C@H]2O)[C@@H](O)[C@H](O)[C@H]1O)OCC1c2ccccc2-c2ccccc21. The number of fused-ring (bicyclic) bond motifs is 3. The first kappa shape index (κ1) is 29.3. The Kier molecular flexibility index (Phi) is 8.56. The van der Waals surface area contributed by atoms with E-state index in [2.05, 4.69) is 5.32 Å². The standard InChI is InChI=1S/C27H31NO13/c29-17-16(10-38-26-22(34)19(31)20(32)23(41-26)25(35)36)40-24(21(33)18(17)30)28-27(37)39-9-15-13-7-3-1-5-11(13)12-6-2-4-8-14(12)15/h1-8,15-24,26,29-34H,9-10H2,(H,28,37)(H,35,36)/t16-,17-,18+,19+,20-,21-,22-,23+,24-,26+/m1/s1. The maximum absolute atomic E-state index is 12.7. The lowest BCUT2D eigenvalue weighted by molar-refractivity contribution is -0.308. The molecule has 0 bridgehead atoms. The first-order valence-corrected chi connectivity index (χ1v) is 12.9. The molecule has 1 aliphatic carbocycles. The number of aliphatic hydroxyl groups excluding tert-OH is 6. The molecular formula is C27H31NO13. The Morgan fingerprint density at radius 3 is 1.93 bits per heavy atom. The normalized spacial score (nSPS) is 34.9. The third-order valence-electron chi connectivity index (χ3n) is 7.55. The number of ether oxygens (including phenoxy) is 4. The summed E-state index contributed by atoms with van der Waals surface area (Å²) in [6, 6.07) is 15.5. The van der Waals surface area contributed by atoms with Crippen LogP contribution in [0.1, 0.15) is 17.0 Å². The largest absolute Gasteiger partial charge is 0.479 e. The van der Waals surface area contributed by atoms with Gasteiger partial charge in [-0.15, -0.1) is 0 Å². The fourth-order valence-corrected chi connectivity index (χ4v) is 5.34. The lowest BCUT2D eigenvalue weighted by Crippen LogP contribution is -2.64. The molecule has 222 valence electrons. The van der Waals surface area contributed by atoms with Crippen LogP contribution in [0.2, 0.25) is 0 Å². The fourth-order valence-electron chi connectivity index (χ4n) is 5.34. The molecule has 0 radical (unpaired) electrons. The zero-order chi connectivity index (χ0) is 29.4. The summed E-state index contributed by atoms with van der Waals surface area (Å²) in [4.78, 5) is 24.0. The summed E-state index contributed by atoms with van der Waals surface area (Å²) in [5.74, 6) is -1.85. The number of benzene rings is 2. The Hall–Kier alpha value is -3.18. The van der Waals surface area contributed by atoms with Crippen LogP contribution in [-0.4, -0.2) is 122 Å². The molecule has 0 spiro atoms. The van der Waals surface area contributed by atoms with Gasteiger partial charge in [-0.3, -0.25) is 5.32 Å². The molecular weight excluding hydrogens is 546 g/mol. The number of rotatable bonds is 7. The van der Waals surface area contributed by atoms with E-state index in [1.165, 1.54) is 0 Å². The van der Waals surface area contributed by atoms with Gasteiger partial charge in [0.2, 0.25) is 0 Å². The number of carboxylic acids is 1. The molecule has 0 aromatic heterocycles. The van der Waals surface area contributed by atoms with Gasteiger partial charge < -0.3 is 54.7 Å². The highest BCUT2D eigenvalue weighted by Gasteiger charge is 2.49. The number of nitrogens with one attached hydrogen (secondary N) is 1. The van der Waals surface area contributed by atoms with Crippen molar-refractivity contribution in [1.82, 2.24) is 5.32 Å². The van der Waals surface area contributed by atoms with Crippen LogP contribution in [-0.2, 0) is 23.7 Å². The Bertz CT molecular complexity index is 1210. The van der Waals surface area contributed by atoms with E-state index in [1.54, 1.807) is 0 Å². The molecule has 0 unspecified atom stereocenters. The highest BCUT2D eigenvalue weighted by Crippen LogP contribution is 2.44. The highest BCUT2D eigenvalue weighted by atomic mass is 16.7. The van der Waals surface area contributed by atoms with Gasteiger partial charge in [-0.05, 0) is 22.3 Å². The van der Waals surface area contributed by atoms with Crippen LogP contribution in [0.4, 0.5) is 4.79 Å². The predicted octanol–water partition coefficient (Wildman–Crippen LogP) is -1.76. The maximum Gasteiger partial charge on any atom is 0.409 e. The molecule has 41 heavy (non-hydrogen) atoms. The molecule has 14 heteroatoms. The first-order valence-electron chi connectivity index (χ1n) is 12.9. The van der Waals surface area contributed by atoms with Crippen LogP contribution in [0.5, 0.6) is 0 Å². The molecule has 2 aromatic carbocycles. The van der Waals surface area contributed by atoms with E-state index >= 15 is 0 Å². The number of carboxylic acid groups (broad SMARTS) is 1. The van der Waals surface area contributed by atoms with Crippen molar-refractivity contribution in [2.75, 3.05) is 13.2 Å². The second-order valence-corrected chi connectivity index (χ2v) is 10.1. The molecule has 2 fully saturated rings. The van der Waals surface area contributed by atoms with Gasteiger partial charge in [0.05, 0.1) is 6.61 Å². The van der Waals surface area contributed by atoms with Crippen molar-refractivity contribution in [2.24, 2.45) is 0 Å². The van der Waals surface area contributed by atoms with Gasteiger partial charge in [0.15, 0.2) is 18.6 Å². The molecule has 0 saturated carbocycles. The highest BCUT2D eigenvalue weighted by molar-refractivity contribution is 5.79. The van der Waals surface area contributed by atoms with Gasteiger partial charge in [-0.25, -0.2) is 9.59 Å². The van der Waals surface area contributed by atoms with Gasteiger partial charge in [0.25, 0.3) is 0 Å².